The summed E-state index contributed by atoms with van der Waals surface area (Å²) >= 11 is 0. The summed E-state index contributed by atoms with van der Waals surface area (Å²) in [5.74, 6) is 1.40. The summed E-state index contributed by atoms with van der Waals surface area (Å²) in [7, 11) is 1.76. The second kappa shape index (κ2) is 5.45. The molecule has 114 valence electrons. The molecule has 2 N–H and O–H groups in total. The lowest BCUT2D eigenvalue weighted by Gasteiger charge is -2.33. The first-order valence-corrected chi connectivity index (χ1v) is 7.00. The molecule has 8 heteroatoms. The van der Waals surface area contributed by atoms with Crippen molar-refractivity contribution in [1.29, 1.82) is 0 Å². The summed E-state index contributed by atoms with van der Waals surface area (Å²) in [5.41, 5.74) is 6.03. The van der Waals surface area contributed by atoms with Crippen LogP contribution in [0.5, 0.6) is 0 Å². The SMILES string of the molecule is CCOC1(c2noc(-c3cnn(C)c3N)n2)CCOCC1. The number of anilines is 1. The van der Waals surface area contributed by atoms with Crippen LogP contribution in [0.3, 0.4) is 0 Å². The van der Waals surface area contributed by atoms with Crippen LogP contribution < -0.4 is 5.73 Å². The van der Waals surface area contributed by atoms with E-state index >= 15 is 0 Å². The van der Waals surface area contributed by atoms with Gasteiger partial charge in [-0.3, -0.25) is 4.68 Å². The Balaban J connectivity index is 1.94. The molecule has 0 atom stereocenters. The molecule has 1 saturated heterocycles. The van der Waals surface area contributed by atoms with Crippen molar-refractivity contribution in [2.45, 2.75) is 25.4 Å². The Bertz CT molecular complexity index is 610. The van der Waals surface area contributed by atoms with Gasteiger partial charge in [0.15, 0.2) is 0 Å². The first-order chi connectivity index (χ1) is 10.2. The van der Waals surface area contributed by atoms with Crippen LogP contribution in [0.15, 0.2) is 10.7 Å². The number of ether oxygens (including phenoxy) is 2. The third-order valence-corrected chi connectivity index (χ3v) is 3.77. The van der Waals surface area contributed by atoms with Crippen molar-refractivity contribution in [1.82, 2.24) is 19.9 Å². The Morgan fingerprint density at radius 2 is 2.19 bits per heavy atom. The minimum Gasteiger partial charge on any atom is -0.383 e. The smallest absolute Gasteiger partial charge is 0.263 e. The van der Waals surface area contributed by atoms with Gasteiger partial charge in [-0.1, -0.05) is 5.16 Å². The van der Waals surface area contributed by atoms with E-state index in [-0.39, 0.29) is 0 Å². The lowest BCUT2D eigenvalue weighted by atomic mass is 9.93. The van der Waals surface area contributed by atoms with Crippen LogP contribution in [0.4, 0.5) is 5.82 Å². The van der Waals surface area contributed by atoms with Crippen molar-refractivity contribution in [2.75, 3.05) is 25.6 Å². The van der Waals surface area contributed by atoms with Gasteiger partial charge >= 0.3 is 0 Å². The Kier molecular flexibility index (Phi) is 3.64. The minimum atomic E-state index is -0.536. The predicted molar refractivity (Wildman–Crippen MR) is 74.3 cm³/mol. The largest absolute Gasteiger partial charge is 0.383 e. The quantitative estimate of drug-likeness (QED) is 0.900. The average molecular weight is 293 g/mol. The first-order valence-electron chi connectivity index (χ1n) is 7.00. The second-order valence-corrected chi connectivity index (χ2v) is 5.03. The standard InChI is InChI=1S/C13H19N5O3/c1-3-20-13(4-6-19-7-5-13)12-16-11(21-17-12)9-8-15-18(2)10(9)14/h8H,3-7,14H2,1-2H3. The number of aryl methyl sites for hydroxylation is 1. The van der Waals surface area contributed by atoms with Gasteiger partial charge in [-0.25, -0.2) is 0 Å². The van der Waals surface area contributed by atoms with Gasteiger partial charge in [0, 0.05) is 39.7 Å². The van der Waals surface area contributed by atoms with Crippen LogP contribution in [0.25, 0.3) is 11.5 Å². The molecule has 0 saturated carbocycles. The zero-order valence-corrected chi connectivity index (χ0v) is 12.2. The number of rotatable bonds is 4. The van der Waals surface area contributed by atoms with E-state index in [0.717, 1.165) is 0 Å². The van der Waals surface area contributed by atoms with Crippen molar-refractivity contribution in [3.63, 3.8) is 0 Å². The summed E-state index contributed by atoms with van der Waals surface area (Å²) in [6.45, 7) is 3.79. The highest BCUT2D eigenvalue weighted by molar-refractivity contribution is 5.66. The number of nitrogens with zero attached hydrogens (tertiary/aromatic N) is 4. The van der Waals surface area contributed by atoms with E-state index in [1.807, 2.05) is 6.92 Å². The van der Waals surface area contributed by atoms with E-state index < -0.39 is 5.60 Å². The molecule has 0 radical (unpaired) electrons. The molecule has 0 aliphatic carbocycles. The van der Waals surface area contributed by atoms with Crippen molar-refractivity contribution in [3.8, 4) is 11.5 Å². The molecule has 0 unspecified atom stereocenters. The highest BCUT2D eigenvalue weighted by Gasteiger charge is 2.40. The third-order valence-electron chi connectivity index (χ3n) is 3.77. The maximum absolute atomic E-state index is 5.94. The Morgan fingerprint density at radius 3 is 2.81 bits per heavy atom. The fourth-order valence-corrected chi connectivity index (χ4v) is 2.54. The van der Waals surface area contributed by atoms with Crippen molar-refractivity contribution < 1.29 is 14.0 Å². The molecule has 21 heavy (non-hydrogen) atoms. The Hall–Kier alpha value is -1.93. The molecule has 0 amide bonds. The lowest BCUT2D eigenvalue weighted by molar-refractivity contribution is -0.118. The molecule has 0 aromatic carbocycles. The van der Waals surface area contributed by atoms with Crippen LogP contribution in [-0.4, -0.2) is 39.7 Å². The highest BCUT2D eigenvalue weighted by Crippen LogP contribution is 2.35. The number of hydrogen-bond acceptors (Lipinski definition) is 7. The summed E-state index contributed by atoms with van der Waals surface area (Å²) < 4.78 is 18.2. The van der Waals surface area contributed by atoms with Crippen molar-refractivity contribution in [2.24, 2.45) is 7.05 Å². The molecule has 1 fully saturated rings. The van der Waals surface area contributed by atoms with E-state index in [4.69, 9.17) is 19.7 Å². The van der Waals surface area contributed by atoms with Gasteiger partial charge in [-0.15, -0.1) is 0 Å². The first kappa shape index (κ1) is 14.0. The van der Waals surface area contributed by atoms with E-state index in [1.54, 1.807) is 17.9 Å². The lowest BCUT2D eigenvalue weighted by Crippen LogP contribution is -2.37. The van der Waals surface area contributed by atoms with Gasteiger partial charge in [0.1, 0.15) is 17.0 Å². The molecule has 0 bridgehead atoms. The molecule has 8 nitrogen and oxygen atoms in total. The Labute approximate surface area is 122 Å². The second-order valence-electron chi connectivity index (χ2n) is 5.03. The molecule has 2 aromatic heterocycles. The van der Waals surface area contributed by atoms with Crippen LogP contribution >= 0.6 is 0 Å². The fraction of sp³-hybridized carbons (Fsp3) is 0.615. The van der Waals surface area contributed by atoms with E-state index in [0.29, 0.717) is 55.8 Å². The fourth-order valence-electron chi connectivity index (χ4n) is 2.54. The maximum Gasteiger partial charge on any atom is 0.263 e. The monoisotopic (exact) mass is 293 g/mol. The van der Waals surface area contributed by atoms with Crippen LogP contribution in [0, 0.1) is 0 Å². The highest BCUT2D eigenvalue weighted by atomic mass is 16.5. The van der Waals surface area contributed by atoms with Gasteiger partial charge < -0.3 is 19.7 Å². The van der Waals surface area contributed by atoms with Crippen LogP contribution in [-0.2, 0) is 22.1 Å². The summed E-state index contributed by atoms with van der Waals surface area (Å²) in [6, 6.07) is 0. The van der Waals surface area contributed by atoms with Gasteiger partial charge in [0.05, 0.1) is 6.20 Å². The number of nitrogens with two attached hydrogens (primary N) is 1. The molecule has 0 spiro atoms. The minimum absolute atomic E-state index is 0.362. The maximum atomic E-state index is 5.94. The number of nitrogen functional groups attached to an aromatic ring is 1. The van der Waals surface area contributed by atoms with E-state index in [9.17, 15) is 0 Å². The van der Waals surface area contributed by atoms with Gasteiger partial charge in [0.25, 0.3) is 5.89 Å². The van der Waals surface area contributed by atoms with E-state index in [2.05, 4.69) is 15.2 Å². The van der Waals surface area contributed by atoms with E-state index in [1.165, 1.54) is 0 Å². The molecule has 1 aliphatic heterocycles. The molecule has 2 aromatic rings. The number of hydrogen-bond donors (Lipinski definition) is 1. The molecular formula is C13H19N5O3. The van der Waals surface area contributed by atoms with Gasteiger partial charge in [-0.05, 0) is 6.92 Å². The zero-order chi connectivity index (χ0) is 14.9. The molecular weight excluding hydrogens is 274 g/mol. The predicted octanol–water partition coefficient (Wildman–Crippen LogP) is 1.09. The third kappa shape index (κ3) is 2.40. The summed E-state index contributed by atoms with van der Waals surface area (Å²) in [4.78, 5) is 4.48. The average Bonchev–Trinajstić information content (AvgIpc) is 3.09. The summed E-state index contributed by atoms with van der Waals surface area (Å²) in [5, 5.41) is 8.18. The van der Waals surface area contributed by atoms with Gasteiger partial charge in [-0.2, -0.15) is 10.1 Å². The van der Waals surface area contributed by atoms with Crippen molar-refractivity contribution in [3.05, 3.63) is 12.0 Å². The molecule has 3 rings (SSSR count). The van der Waals surface area contributed by atoms with Crippen LogP contribution in [0.2, 0.25) is 0 Å². The Morgan fingerprint density at radius 1 is 1.43 bits per heavy atom. The van der Waals surface area contributed by atoms with Crippen molar-refractivity contribution >= 4 is 5.82 Å². The van der Waals surface area contributed by atoms with Gasteiger partial charge in [0.2, 0.25) is 5.82 Å². The van der Waals surface area contributed by atoms with Crippen LogP contribution in [0.1, 0.15) is 25.6 Å². The summed E-state index contributed by atoms with van der Waals surface area (Å²) in [6.07, 6.45) is 3.04. The topological polar surface area (TPSA) is 101 Å². The zero-order valence-electron chi connectivity index (χ0n) is 12.2. The number of aromatic nitrogens is 4. The molecule has 3 heterocycles. The molecule has 1 aliphatic rings. The normalized spacial score (nSPS) is 18.0.